The summed E-state index contributed by atoms with van der Waals surface area (Å²) in [5, 5.41) is 4.75. The van der Waals surface area contributed by atoms with Crippen LogP contribution < -0.4 is 5.73 Å². The number of nitrogens with zero attached hydrogens (tertiary/aromatic N) is 2. The molecule has 0 aromatic heterocycles. The zero-order valence-corrected chi connectivity index (χ0v) is 25.4. The lowest BCUT2D eigenvalue weighted by atomic mass is 10.1. The number of fused-ring (bicyclic) bond motifs is 2. The number of allylic oxidation sites excluding steroid dienone is 3. The third-order valence-corrected chi connectivity index (χ3v) is 5.81. The van der Waals surface area contributed by atoms with E-state index in [0.717, 1.165) is 22.1 Å². The first kappa shape index (κ1) is 33.2. The van der Waals surface area contributed by atoms with Crippen molar-refractivity contribution in [1.82, 2.24) is 0 Å². The van der Waals surface area contributed by atoms with Crippen molar-refractivity contribution in [1.29, 1.82) is 0 Å². The van der Waals surface area contributed by atoms with Gasteiger partial charge in [0.2, 0.25) is 0 Å². The van der Waals surface area contributed by atoms with Gasteiger partial charge in [0.1, 0.15) is 5.84 Å². The largest absolute Gasteiger partial charge is 0.383 e. The molecule has 0 aliphatic carbocycles. The molecule has 0 aliphatic rings. The number of nitrogens with two attached hydrogens (primary N) is 1. The van der Waals surface area contributed by atoms with Crippen LogP contribution in [0.1, 0.15) is 43.0 Å². The molecule has 0 fully saturated rings. The van der Waals surface area contributed by atoms with Crippen molar-refractivity contribution in [3.8, 4) is 0 Å². The zero-order chi connectivity index (χ0) is 30.7. The molecule has 3 heteroatoms. The van der Waals surface area contributed by atoms with E-state index < -0.39 is 0 Å². The summed E-state index contributed by atoms with van der Waals surface area (Å²) in [6.45, 7) is 18.4. The Morgan fingerprint density at radius 1 is 0.619 bits per heavy atom. The number of hydrogen-bond acceptors (Lipinski definition) is 1. The molecule has 5 aromatic rings. The van der Waals surface area contributed by atoms with Gasteiger partial charge in [-0.2, -0.15) is 0 Å². The molecule has 42 heavy (non-hydrogen) atoms. The molecule has 5 aromatic carbocycles. The third kappa shape index (κ3) is 10.5. The van der Waals surface area contributed by atoms with Gasteiger partial charge in [-0.25, -0.2) is 4.99 Å². The van der Waals surface area contributed by atoms with Crippen LogP contribution in [0.3, 0.4) is 0 Å². The van der Waals surface area contributed by atoms with Crippen LogP contribution in [0.4, 0.5) is 0 Å². The molecule has 0 spiro atoms. The Kier molecular flexibility index (Phi) is 14.5. The van der Waals surface area contributed by atoms with Gasteiger partial charge in [-0.3, -0.25) is 4.99 Å². The summed E-state index contributed by atoms with van der Waals surface area (Å²) in [5.41, 5.74) is 10.6. The van der Waals surface area contributed by atoms with Gasteiger partial charge in [0, 0.05) is 11.1 Å². The minimum atomic E-state index is 0.457. The zero-order valence-electron chi connectivity index (χ0n) is 25.4. The van der Waals surface area contributed by atoms with Crippen LogP contribution in [0.25, 0.3) is 21.5 Å². The van der Waals surface area contributed by atoms with Crippen molar-refractivity contribution in [2.45, 2.75) is 34.2 Å². The summed E-state index contributed by atoms with van der Waals surface area (Å²) in [4.78, 5) is 9.65. The highest BCUT2D eigenvalue weighted by molar-refractivity contribution is 6.11. The fourth-order valence-corrected chi connectivity index (χ4v) is 3.92. The van der Waals surface area contributed by atoms with Gasteiger partial charge in [0.25, 0.3) is 0 Å². The Labute approximate surface area is 252 Å². The van der Waals surface area contributed by atoms with Gasteiger partial charge < -0.3 is 5.73 Å². The smallest absolute Gasteiger partial charge is 0.157 e. The van der Waals surface area contributed by atoms with Crippen molar-refractivity contribution in [3.05, 3.63) is 169 Å². The second-order valence-corrected chi connectivity index (χ2v) is 9.47. The fourth-order valence-electron chi connectivity index (χ4n) is 3.92. The van der Waals surface area contributed by atoms with Gasteiger partial charge in [-0.15, -0.1) is 19.7 Å². The number of aryl methyl sites for hydroxylation is 1. The monoisotopic (exact) mass is 553 g/mol. The first-order valence-corrected chi connectivity index (χ1v) is 14.0. The molecule has 0 aliphatic heterocycles. The lowest BCUT2D eigenvalue weighted by molar-refractivity contribution is 1.06. The average molecular weight is 554 g/mol. The lowest BCUT2D eigenvalue weighted by Crippen LogP contribution is -2.16. The van der Waals surface area contributed by atoms with E-state index in [4.69, 9.17) is 15.7 Å². The Bertz CT molecular complexity index is 1630. The highest BCUT2D eigenvalue weighted by Crippen LogP contribution is 2.18. The molecular weight excluding hydrogens is 510 g/mol. The fraction of sp³-hybridized carbons (Fsp3) is 0.128. The molecule has 0 saturated heterocycles. The van der Waals surface area contributed by atoms with E-state index in [9.17, 15) is 0 Å². The molecule has 0 unspecified atom stereocenters. The third-order valence-electron chi connectivity index (χ3n) is 5.81. The van der Waals surface area contributed by atoms with Crippen molar-refractivity contribution in [2.75, 3.05) is 0 Å². The maximum Gasteiger partial charge on any atom is 0.157 e. The summed E-state index contributed by atoms with van der Waals surface area (Å²) in [5.74, 6) is 1.09. The van der Waals surface area contributed by atoms with Gasteiger partial charge in [0.15, 0.2) is 5.84 Å². The van der Waals surface area contributed by atoms with Crippen LogP contribution in [0, 0.1) is 6.92 Å². The predicted molar refractivity (Wildman–Crippen MR) is 188 cm³/mol. The number of benzene rings is 5. The molecule has 0 radical (unpaired) electrons. The van der Waals surface area contributed by atoms with Crippen LogP contribution in [-0.4, -0.2) is 11.7 Å². The SMILES string of the molecule is C=CC.C=CC.C=CC.Cc1ccc(C(N=C(N)c2ccc3ccccc3c2)=NCc2ccc3ccccc3c2)cc1. The van der Waals surface area contributed by atoms with Gasteiger partial charge in [-0.1, -0.05) is 121 Å². The van der Waals surface area contributed by atoms with E-state index in [2.05, 4.69) is 106 Å². The summed E-state index contributed by atoms with van der Waals surface area (Å²) < 4.78 is 0. The van der Waals surface area contributed by atoms with Gasteiger partial charge >= 0.3 is 0 Å². The van der Waals surface area contributed by atoms with E-state index in [1.165, 1.54) is 21.7 Å². The summed E-state index contributed by atoms with van der Waals surface area (Å²) in [7, 11) is 0. The quantitative estimate of drug-likeness (QED) is 0.134. The second-order valence-electron chi connectivity index (χ2n) is 9.47. The molecule has 3 nitrogen and oxygen atoms in total. The maximum absolute atomic E-state index is 6.47. The van der Waals surface area contributed by atoms with Crippen LogP contribution in [0.15, 0.2) is 157 Å². The standard InChI is InChI=1S/C30H25N3.3C3H6/c1-21-10-13-25(14-11-21)30(32-20-22-12-15-23-6-2-4-8-26(23)18-22)33-29(31)28-17-16-24-7-3-5-9-27(24)19-28;3*1-3-2/h2-19H,20H2,1H3,(H2,31,32,33);3*3H,1H2,2H3. The summed E-state index contributed by atoms with van der Waals surface area (Å²) in [6.07, 6.45) is 5.25. The van der Waals surface area contributed by atoms with Crippen molar-refractivity contribution < 1.29 is 0 Å². The molecule has 214 valence electrons. The van der Waals surface area contributed by atoms with Crippen LogP contribution in [0.5, 0.6) is 0 Å². The highest BCUT2D eigenvalue weighted by atomic mass is 15.0. The first-order chi connectivity index (χ1) is 20.4. The molecular formula is C39H43N3. The predicted octanol–water partition coefficient (Wildman–Crippen LogP) is 10.2. The first-order valence-electron chi connectivity index (χ1n) is 14.0. The van der Waals surface area contributed by atoms with E-state index >= 15 is 0 Å². The Morgan fingerprint density at radius 2 is 1.07 bits per heavy atom. The highest BCUT2D eigenvalue weighted by Gasteiger charge is 2.07. The van der Waals surface area contributed by atoms with Gasteiger partial charge in [0.05, 0.1) is 6.54 Å². The Morgan fingerprint density at radius 3 is 1.62 bits per heavy atom. The normalized spacial score (nSPS) is 10.7. The molecule has 0 heterocycles. The van der Waals surface area contributed by atoms with E-state index in [0.29, 0.717) is 18.2 Å². The number of hydrogen-bond donors (Lipinski definition) is 1. The average Bonchev–Trinajstić information content (AvgIpc) is 3.00. The van der Waals surface area contributed by atoms with Gasteiger partial charge in [-0.05, 0) is 66.9 Å². The molecule has 5 rings (SSSR count). The number of rotatable bonds is 4. The molecule has 2 N–H and O–H groups in total. The summed E-state index contributed by atoms with van der Waals surface area (Å²) >= 11 is 0. The molecule has 0 saturated carbocycles. The van der Waals surface area contributed by atoms with Crippen molar-refractivity contribution >= 4 is 33.2 Å². The van der Waals surface area contributed by atoms with Crippen molar-refractivity contribution in [3.63, 3.8) is 0 Å². The molecule has 0 amide bonds. The number of amidine groups is 2. The van der Waals surface area contributed by atoms with E-state index in [1.54, 1.807) is 18.2 Å². The van der Waals surface area contributed by atoms with Crippen molar-refractivity contribution in [2.24, 2.45) is 15.7 Å². The Balaban J connectivity index is 0.000000611. The minimum absolute atomic E-state index is 0.457. The minimum Gasteiger partial charge on any atom is -0.383 e. The molecule has 0 bridgehead atoms. The topological polar surface area (TPSA) is 50.7 Å². The number of aliphatic imine (C=N–C) groups is 2. The van der Waals surface area contributed by atoms with Crippen LogP contribution in [-0.2, 0) is 6.54 Å². The van der Waals surface area contributed by atoms with Crippen LogP contribution in [0.2, 0.25) is 0 Å². The lowest BCUT2D eigenvalue weighted by Gasteiger charge is -2.08. The van der Waals surface area contributed by atoms with E-state index in [1.807, 2.05) is 51.1 Å². The maximum atomic E-state index is 6.47. The van der Waals surface area contributed by atoms with E-state index in [-0.39, 0.29) is 0 Å². The Hall–Kier alpha value is -5.02. The molecule has 0 atom stereocenters. The summed E-state index contributed by atoms with van der Waals surface area (Å²) in [6, 6.07) is 37.4. The van der Waals surface area contributed by atoms with Crippen LogP contribution >= 0.6 is 0 Å². The second kappa shape index (κ2) is 18.4.